The molecule has 0 saturated heterocycles. The largest absolute Gasteiger partial charge is 0.355 e. The fourth-order valence-electron chi connectivity index (χ4n) is 2.26. The lowest BCUT2D eigenvalue weighted by Gasteiger charge is -2.05. The molecule has 3 aromatic rings. The van der Waals surface area contributed by atoms with Crippen molar-refractivity contribution in [3.8, 4) is 0 Å². The Bertz CT molecular complexity index is 762. The molecule has 0 spiro atoms. The van der Waals surface area contributed by atoms with Crippen LogP contribution in [0.2, 0.25) is 0 Å². The monoisotopic (exact) mass is 300 g/mol. The summed E-state index contributed by atoms with van der Waals surface area (Å²) in [5, 5.41) is 12.9. The fourth-order valence-corrected chi connectivity index (χ4v) is 3.10. The Morgan fingerprint density at radius 1 is 1.43 bits per heavy atom. The standard InChI is InChI=1S/C15H16N4OS/c1-11-3-2-4-12(7-11)8-14(20)16-6-5-13-9-21-15-18-17-10-19(13)15/h2-4,7,9-10H,5-6,8H2,1H3,(H,16,20). The second-order valence-corrected chi connectivity index (χ2v) is 5.81. The predicted molar refractivity (Wildman–Crippen MR) is 82.5 cm³/mol. The molecule has 2 heterocycles. The third-order valence-corrected chi connectivity index (χ3v) is 4.16. The molecule has 0 atom stereocenters. The van der Waals surface area contributed by atoms with Crippen LogP contribution in [-0.4, -0.2) is 27.0 Å². The average Bonchev–Trinajstić information content (AvgIpc) is 3.03. The van der Waals surface area contributed by atoms with E-state index in [1.165, 1.54) is 5.56 Å². The lowest BCUT2D eigenvalue weighted by Crippen LogP contribution is -2.27. The van der Waals surface area contributed by atoms with Crippen LogP contribution in [0.25, 0.3) is 4.96 Å². The number of nitrogens with zero attached hydrogens (tertiary/aromatic N) is 3. The van der Waals surface area contributed by atoms with Gasteiger partial charge in [0.25, 0.3) is 0 Å². The summed E-state index contributed by atoms with van der Waals surface area (Å²) in [5.74, 6) is 0.0517. The highest BCUT2D eigenvalue weighted by Gasteiger charge is 2.06. The minimum atomic E-state index is 0.0517. The van der Waals surface area contributed by atoms with Gasteiger partial charge in [0, 0.05) is 24.0 Å². The summed E-state index contributed by atoms with van der Waals surface area (Å²) in [6, 6.07) is 8.03. The van der Waals surface area contributed by atoms with Gasteiger partial charge in [0.2, 0.25) is 10.9 Å². The minimum absolute atomic E-state index is 0.0517. The van der Waals surface area contributed by atoms with Crippen LogP contribution in [0.15, 0.2) is 36.0 Å². The number of thiazole rings is 1. The van der Waals surface area contributed by atoms with Crippen molar-refractivity contribution < 1.29 is 4.79 Å². The van der Waals surface area contributed by atoms with Crippen LogP contribution in [0.1, 0.15) is 16.8 Å². The highest BCUT2D eigenvalue weighted by molar-refractivity contribution is 7.15. The molecule has 6 heteroatoms. The van der Waals surface area contributed by atoms with Crippen molar-refractivity contribution in [2.75, 3.05) is 6.54 Å². The van der Waals surface area contributed by atoms with E-state index >= 15 is 0 Å². The molecule has 0 saturated carbocycles. The first kappa shape index (κ1) is 13.8. The topological polar surface area (TPSA) is 59.3 Å². The summed E-state index contributed by atoms with van der Waals surface area (Å²) in [7, 11) is 0. The number of hydrogen-bond acceptors (Lipinski definition) is 4. The number of hydrogen-bond donors (Lipinski definition) is 1. The SMILES string of the molecule is Cc1cccc(CC(=O)NCCc2csc3nncn23)c1. The molecule has 1 aromatic carbocycles. The van der Waals surface area contributed by atoms with Crippen LogP contribution in [0, 0.1) is 6.92 Å². The molecule has 0 radical (unpaired) electrons. The Morgan fingerprint density at radius 2 is 2.33 bits per heavy atom. The van der Waals surface area contributed by atoms with Crippen LogP contribution in [0.3, 0.4) is 0 Å². The lowest BCUT2D eigenvalue weighted by atomic mass is 10.1. The maximum Gasteiger partial charge on any atom is 0.224 e. The highest BCUT2D eigenvalue weighted by Crippen LogP contribution is 2.13. The summed E-state index contributed by atoms with van der Waals surface area (Å²) in [5.41, 5.74) is 3.34. The van der Waals surface area contributed by atoms with E-state index in [9.17, 15) is 4.79 Å². The maximum atomic E-state index is 11.9. The molecule has 108 valence electrons. The second kappa shape index (κ2) is 6.05. The Morgan fingerprint density at radius 3 is 3.19 bits per heavy atom. The Kier molecular flexibility index (Phi) is 3.96. The molecule has 1 N–H and O–H groups in total. The van der Waals surface area contributed by atoms with Gasteiger partial charge in [-0.2, -0.15) is 0 Å². The van der Waals surface area contributed by atoms with Crippen molar-refractivity contribution in [3.05, 3.63) is 52.8 Å². The predicted octanol–water partition coefficient (Wildman–Crippen LogP) is 2.00. The van der Waals surface area contributed by atoms with E-state index < -0.39 is 0 Å². The third-order valence-electron chi connectivity index (χ3n) is 3.28. The van der Waals surface area contributed by atoms with Gasteiger partial charge in [-0.15, -0.1) is 21.5 Å². The van der Waals surface area contributed by atoms with E-state index in [1.807, 2.05) is 35.6 Å². The molecular formula is C15H16N4OS. The Balaban J connectivity index is 1.51. The number of amides is 1. The summed E-state index contributed by atoms with van der Waals surface area (Å²) in [6.07, 6.45) is 2.90. The number of rotatable bonds is 5. The van der Waals surface area contributed by atoms with Gasteiger partial charge in [0.1, 0.15) is 6.33 Å². The van der Waals surface area contributed by atoms with E-state index in [4.69, 9.17) is 0 Å². The number of aryl methyl sites for hydroxylation is 1. The normalized spacial score (nSPS) is 10.9. The van der Waals surface area contributed by atoms with Crippen LogP contribution in [-0.2, 0) is 17.6 Å². The zero-order chi connectivity index (χ0) is 14.7. The van der Waals surface area contributed by atoms with Gasteiger partial charge in [0.05, 0.1) is 6.42 Å². The maximum absolute atomic E-state index is 11.9. The highest BCUT2D eigenvalue weighted by atomic mass is 32.1. The molecule has 0 aliphatic rings. The van der Waals surface area contributed by atoms with Crippen LogP contribution >= 0.6 is 11.3 Å². The molecule has 0 aliphatic heterocycles. The van der Waals surface area contributed by atoms with Crippen LogP contribution in [0.4, 0.5) is 0 Å². The smallest absolute Gasteiger partial charge is 0.224 e. The van der Waals surface area contributed by atoms with Crippen molar-refractivity contribution in [2.45, 2.75) is 19.8 Å². The first-order valence-corrected chi connectivity index (χ1v) is 7.69. The molecular weight excluding hydrogens is 284 g/mol. The molecule has 2 aromatic heterocycles. The zero-order valence-corrected chi connectivity index (χ0v) is 12.6. The van der Waals surface area contributed by atoms with Gasteiger partial charge in [-0.1, -0.05) is 29.8 Å². The molecule has 0 aliphatic carbocycles. The van der Waals surface area contributed by atoms with Crippen LogP contribution in [0.5, 0.6) is 0 Å². The van der Waals surface area contributed by atoms with Gasteiger partial charge in [-0.25, -0.2) is 0 Å². The minimum Gasteiger partial charge on any atom is -0.355 e. The van der Waals surface area contributed by atoms with Crippen molar-refractivity contribution in [1.29, 1.82) is 0 Å². The van der Waals surface area contributed by atoms with E-state index in [1.54, 1.807) is 17.7 Å². The summed E-state index contributed by atoms with van der Waals surface area (Å²) in [4.78, 5) is 12.8. The Hall–Kier alpha value is -2.21. The number of benzene rings is 1. The van der Waals surface area contributed by atoms with Crippen molar-refractivity contribution >= 4 is 22.2 Å². The second-order valence-electron chi connectivity index (χ2n) is 4.98. The average molecular weight is 300 g/mol. The van der Waals surface area contributed by atoms with E-state index in [-0.39, 0.29) is 5.91 Å². The zero-order valence-electron chi connectivity index (χ0n) is 11.7. The van der Waals surface area contributed by atoms with E-state index in [0.29, 0.717) is 13.0 Å². The number of nitrogens with one attached hydrogen (secondary N) is 1. The van der Waals surface area contributed by atoms with Gasteiger partial charge in [-0.3, -0.25) is 9.20 Å². The number of carbonyl (C=O) groups excluding carboxylic acids is 1. The van der Waals surface area contributed by atoms with Crippen molar-refractivity contribution in [1.82, 2.24) is 19.9 Å². The quantitative estimate of drug-likeness (QED) is 0.784. The first-order valence-electron chi connectivity index (χ1n) is 6.81. The molecule has 21 heavy (non-hydrogen) atoms. The molecule has 0 fully saturated rings. The van der Waals surface area contributed by atoms with Gasteiger partial charge >= 0.3 is 0 Å². The van der Waals surface area contributed by atoms with E-state index in [0.717, 1.165) is 22.6 Å². The first-order chi connectivity index (χ1) is 10.2. The number of carbonyl (C=O) groups is 1. The van der Waals surface area contributed by atoms with Crippen molar-refractivity contribution in [3.63, 3.8) is 0 Å². The van der Waals surface area contributed by atoms with Crippen LogP contribution < -0.4 is 5.32 Å². The summed E-state index contributed by atoms with van der Waals surface area (Å²) >= 11 is 1.56. The molecule has 5 nitrogen and oxygen atoms in total. The molecule has 3 rings (SSSR count). The lowest BCUT2D eigenvalue weighted by molar-refractivity contribution is -0.120. The molecule has 0 bridgehead atoms. The molecule has 1 amide bonds. The van der Waals surface area contributed by atoms with Gasteiger partial charge in [-0.05, 0) is 12.5 Å². The van der Waals surface area contributed by atoms with E-state index in [2.05, 4.69) is 20.9 Å². The van der Waals surface area contributed by atoms with Gasteiger partial charge in [0.15, 0.2) is 0 Å². The van der Waals surface area contributed by atoms with Crippen molar-refractivity contribution in [2.24, 2.45) is 0 Å². The summed E-state index contributed by atoms with van der Waals surface area (Å²) < 4.78 is 1.96. The fraction of sp³-hybridized carbons (Fsp3) is 0.267. The van der Waals surface area contributed by atoms with Gasteiger partial charge < -0.3 is 5.32 Å². The number of aromatic nitrogens is 3. The third kappa shape index (κ3) is 3.28. The molecule has 0 unspecified atom stereocenters. The Labute approximate surface area is 126 Å². The summed E-state index contributed by atoms with van der Waals surface area (Å²) in [6.45, 7) is 2.65. The number of fused-ring (bicyclic) bond motifs is 1.